The summed E-state index contributed by atoms with van der Waals surface area (Å²) in [6.45, 7) is 2.17. The maximum atomic E-state index is 12.8. The molecule has 0 aromatic heterocycles. The lowest BCUT2D eigenvalue weighted by atomic mass is 10.1. The van der Waals surface area contributed by atoms with Crippen LogP contribution in [-0.2, 0) is 0 Å². The van der Waals surface area contributed by atoms with Crippen molar-refractivity contribution < 1.29 is 4.39 Å². The molecule has 13 heavy (non-hydrogen) atoms. The average Bonchev–Trinajstić information content (AvgIpc) is 2.14. The first kappa shape index (κ1) is 9.69. The molecule has 0 fully saturated rings. The van der Waals surface area contributed by atoms with Gasteiger partial charge in [0.25, 0.3) is 0 Å². The lowest BCUT2D eigenvalue weighted by Gasteiger charge is -2.11. The Bertz CT molecular complexity index is 317. The van der Waals surface area contributed by atoms with E-state index >= 15 is 0 Å². The van der Waals surface area contributed by atoms with Crippen LogP contribution in [0.4, 0.5) is 4.39 Å². The quantitative estimate of drug-likeness (QED) is 0.718. The highest BCUT2D eigenvalue weighted by molar-refractivity contribution is 5.19. The third kappa shape index (κ3) is 2.85. The second kappa shape index (κ2) is 4.58. The standard InChI is InChI=1S/C10H11FN2/c1-8(13-6-5-12)9-3-2-4-10(11)7-9/h2-4,7-8,13H,6H2,1H3. The Morgan fingerprint density at radius 1 is 1.62 bits per heavy atom. The van der Waals surface area contributed by atoms with Crippen LogP contribution in [0.2, 0.25) is 0 Å². The maximum Gasteiger partial charge on any atom is 0.123 e. The molecule has 0 heterocycles. The Kier molecular flexibility index (Phi) is 3.41. The number of nitrogens with zero attached hydrogens (tertiary/aromatic N) is 1. The van der Waals surface area contributed by atoms with Crippen molar-refractivity contribution >= 4 is 0 Å². The zero-order valence-corrected chi connectivity index (χ0v) is 7.42. The summed E-state index contributed by atoms with van der Waals surface area (Å²) < 4.78 is 12.8. The fourth-order valence-electron chi connectivity index (χ4n) is 1.09. The highest BCUT2D eigenvalue weighted by atomic mass is 19.1. The summed E-state index contributed by atoms with van der Waals surface area (Å²) >= 11 is 0. The summed E-state index contributed by atoms with van der Waals surface area (Å²) in [5, 5.41) is 11.3. The third-order valence-electron chi connectivity index (χ3n) is 1.84. The van der Waals surface area contributed by atoms with Gasteiger partial charge in [-0.05, 0) is 24.6 Å². The van der Waals surface area contributed by atoms with Gasteiger partial charge in [0.1, 0.15) is 5.82 Å². The minimum atomic E-state index is -0.247. The Hall–Kier alpha value is -1.40. The van der Waals surface area contributed by atoms with E-state index in [0.29, 0.717) is 0 Å². The molecule has 1 rings (SSSR count). The van der Waals surface area contributed by atoms with Crippen molar-refractivity contribution in [3.8, 4) is 6.07 Å². The predicted molar refractivity (Wildman–Crippen MR) is 48.4 cm³/mol. The SMILES string of the molecule is CC(NCC#N)c1cccc(F)c1. The van der Waals surface area contributed by atoms with Gasteiger partial charge in [-0.1, -0.05) is 12.1 Å². The van der Waals surface area contributed by atoms with Crippen LogP contribution in [-0.4, -0.2) is 6.54 Å². The number of hydrogen-bond donors (Lipinski definition) is 1. The Morgan fingerprint density at radius 2 is 2.38 bits per heavy atom. The monoisotopic (exact) mass is 178 g/mol. The molecule has 1 unspecified atom stereocenters. The molecule has 0 bridgehead atoms. The zero-order chi connectivity index (χ0) is 9.68. The van der Waals surface area contributed by atoms with Crippen LogP contribution in [0.5, 0.6) is 0 Å². The van der Waals surface area contributed by atoms with Crippen LogP contribution in [0.25, 0.3) is 0 Å². The Morgan fingerprint density at radius 3 is 3.00 bits per heavy atom. The highest BCUT2D eigenvalue weighted by Gasteiger charge is 2.03. The van der Waals surface area contributed by atoms with Crippen molar-refractivity contribution in [1.29, 1.82) is 5.26 Å². The molecule has 2 nitrogen and oxygen atoms in total. The van der Waals surface area contributed by atoms with E-state index in [1.54, 1.807) is 6.07 Å². The van der Waals surface area contributed by atoms with Crippen LogP contribution in [0.15, 0.2) is 24.3 Å². The van der Waals surface area contributed by atoms with E-state index in [4.69, 9.17) is 5.26 Å². The molecule has 0 amide bonds. The van der Waals surface area contributed by atoms with Crippen molar-refractivity contribution in [1.82, 2.24) is 5.32 Å². The molecule has 0 saturated carbocycles. The summed E-state index contributed by atoms with van der Waals surface area (Å²) in [6, 6.07) is 8.35. The molecule has 0 aliphatic rings. The molecular formula is C10H11FN2. The lowest BCUT2D eigenvalue weighted by Crippen LogP contribution is -2.18. The van der Waals surface area contributed by atoms with E-state index in [0.717, 1.165) is 5.56 Å². The first-order valence-electron chi connectivity index (χ1n) is 4.10. The van der Waals surface area contributed by atoms with Crippen molar-refractivity contribution in [3.05, 3.63) is 35.6 Å². The minimum Gasteiger partial charge on any atom is -0.298 e. The Balaban J connectivity index is 2.66. The van der Waals surface area contributed by atoms with E-state index in [1.807, 2.05) is 19.1 Å². The van der Waals surface area contributed by atoms with Crippen LogP contribution >= 0.6 is 0 Å². The highest BCUT2D eigenvalue weighted by Crippen LogP contribution is 2.12. The summed E-state index contributed by atoms with van der Waals surface area (Å²) in [5.41, 5.74) is 0.857. The topological polar surface area (TPSA) is 35.8 Å². The van der Waals surface area contributed by atoms with E-state index in [1.165, 1.54) is 12.1 Å². The van der Waals surface area contributed by atoms with Gasteiger partial charge in [-0.3, -0.25) is 5.32 Å². The van der Waals surface area contributed by atoms with Gasteiger partial charge in [-0.15, -0.1) is 0 Å². The number of rotatable bonds is 3. The van der Waals surface area contributed by atoms with Crippen LogP contribution in [0.1, 0.15) is 18.5 Å². The van der Waals surface area contributed by atoms with E-state index < -0.39 is 0 Å². The molecule has 0 saturated heterocycles. The molecule has 0 aliphatic carbocycles. The van der Waals surface area contributed by atoms with Crippen LogP contribution < -0.4 is 5.32 Å². The molecule has 0 radical (unpaired) electrons. The zero-order valence-electron chi connectivity index (χ0n) is 7.42. The van der Waals surface area contributed by atoms with Crippen molar-refractivity contribution in [2.24, 2.45) is 0 Å². The first-order valence-corrected chi connectivity index (χ1v) is 4.10. The summed E-state index contributed by atoms with van der Waals surface area (Å²) in [7, 11) is 0. The molecule has 68 valence electrons. The van der Waals surface area contributed by atoms with Gasteiger partial charge in [0.05, 0.1) is 12.6 Å². The average molecular weight is 178 g/mol. The van der Waals surface area contributed by atoms with Crippen molar-refractivity contribution in [2.75, 3.05) is 6.54 Å². The van der Waals surface area contributed by atoms with Gasteiger partial charge in [-0.25, -0.2) is 4.39 Å². The smallest absolute Gasteiger partial charge is 0.123 e. The number of halogens is 1. The third-order valence-corrected chi connectivity index (χ3v) is 1.84. The van der Waals surface area contributed by atoms with Crippen LogP contribution in [0, 0.1) is 17.1 Å². The maximum absolute atomic E-state index is 12.8. The normalized spacial score (nSPS) is 12.1. The Labute approximate surface area is 77.0 Å². The first-order chi connectivity index (χ1) is 6.24. The van der Waals surface area contributed by atoms with Gasteiger partial charge in [0.15, 0.2) is 0 Å². The van der Waals surface area contributed by atoms with Gasteiger partial charge in [-0.2, -0.15) is 5.26 Å². The molecule has 0 spiro atoms. The lowest BCUT2D eigenvalue weighted by molar-refractivity contribution is 0.597. The van der Waals surface area contributed by atoms with Gasteiger partial charge in [0, 0.05) is 6.04 Å². The summed E-state index contributed by atoms with van der Waals surface area (Å²) in [4.78, 5) is 0. The molecule has 1 aromatic carbocycles. The van der Waals surface area contributed by atoms with Gasteiger partial charge in [0.2, 0.25) is 0 Å². The molecular weight excluding hydrogens is 167 g/mol. The van der Waals surface area contributed by atoms with E-state index in [9.17, 15) is 4.39 Å². The number of nitrogens with one attached hydrogen (secondary N) is 1. The number of hydrogen-bond acceptors (Lipinski definition) is 2. The minimum absolute atomic E-state index is 0.00958. The molecule has 1 atom stereocenters. The van der Waals surface area contributed by atoms with E-state index in [2.05, 4.69) is 5.32 Å². The molecule has 3 heteroatoms. The number of benzene rings is 1. The van der Waals surface area contributed by atoms with Gasteiger partial charge < -0.3 is 0 Å². The molecule has 1 N–H and O–H groups in total. The number of nitriles is 1. The van der Waals surface area contributed by atoms with Gasteiger partial charge >= 0.3 is 0 Å². The fraction of sp³-hybridized carbons (Fsp3) is 0.300. The largest absolute Gasteiger partial charge is 0.298 e. The van der Waals surface area contributed by atoms with Crippen molar-refractivity contribution in [2.45, 2.75) is 13.0 Å². The fourth-order valence-corrected chi connectivity index (χ4v) is 1.09. The molecule has 1 aromatic rings. The second-order valence-electron chi connectivity index (χ2n) is 2.82. The second-order valence-corrected chi connectivity index (χ2v) is 2.82. The van der Waals surface area contributed by atoms with Crippen molar-refractivity contribution in [3.63, 3.8) is 0 Å². The summed E-state index contributed by atoms with van der Waals surface area (Å²) in [5.74, 6) is -0.247. The van der Waals surface area contributed by atoms with Crippen LogP contribution in [0.3, 0.4) is 0 Å². The predicted octanol–water partition coefficient (Wildman–Crippen LogP) is 2.00. The van der Waals surface area contributed by atoms with E-state index in [-0.39, 0.29) is 18.4 Å². The summed E-state index contributed by atoms with van der Waals surface area (Å²) in [6.07, 6.45) is 0. The molecule has 0 aliphatic heterocycles.